The Morgan fingerprint density at radius 3 is 2.45 bits per heavy atom. The van der Waals surface area contributed by atoms with E-state index in [2.05, 4.69) is 5.32 Å². The average molecular weight is 407 g/mol. The van der Waals surface area contributed by atoms with Crippen molar-refractivity contribution in [3.05, 3.63) is 69.9 Å². The van der Waals surface area contributed by atoms with Crippen LogP contribution in [0.3, 0.4) is 0 Å². The number of carbonyl (C=O) groups excluding carboxylic acids is 1. The van der Waals surface area contributed by atoms with Gasteiger partial charge in [0.2, 0.25) is 5.91 Å². The van der Waals surface area contributed by atoms with Crippen LogP contribution in [0.5, 0.6) is 5.75 Å². The molecule has 3 aromatic rings. The third-order valence-corrected chi connectivity index (χ3v) is 6.11. The predicted octanol–water partition coefficient (Wildman–Crippen LogP) is 5.37. The summed E-state index contributed by atoms with van der Waals surface area (Å²) in [6, 6.07) is 17.0. The molecule has 0 bridgehead atoms. The smallest absolute Gasteiger partial charge is 0.346 e. The Labute approximate surface area is 173 Å². The van der Waals surface area contributed by atoms with Crippen molar-refractivity contribution in [2.45, 2.75) is 32.3 Å². The van der Waals surface area contributed by atoms with E-state index in [4.69, 9.17) is 4.74 Å². The van der Waals surface area contributed by atoms with Gasteiger partial charge in [0.05, 0.1) is 11.8 Å². The lowest BCUT2D eigenvalue weighted by molar-refractivity contribution is -0.116. The highest BCUT2D eigenvalue weighted by atomic mass is 32.1. The van der Waals surface area contributed by atoms with Crippen molar-refractivity contribution in [2.24, 2.45) is 0 Å². The summed E-state index contributed by atoms with van der Waals surface area (Å²) in [4.78, 5) is 25.6. The Kier molecular flexibility index (Phi) is 5.11. The summed E-state index contributed by atoms with van der Waals surface area (Å²) in [6.07, 6.45) is 0.363. The van der Waals surface area contributed by atoms with E-state index in [0.717, 1.165) is 21.8 Å². The summed E-state index contributed by atoms with van der Waals surface area (Å²) in [5, 5.41) is 12.7. The van der Waals surface area contributed by atoms with E-state index in [9.17, 15) is 14.7 Å². The van der Waals surface area contributed by atoms with E-state index in [0.29, 0.717) is 11.3 Å². The zero-order valence-electron chi connectivity index (χ0n) is 16.1. The molecule has 2 aromatic carbocycles. The quantitative estimate of drug-likeness (QED) is 0.596. The minimum Gasteiger partial charge on any atom is -0.491 e. The van der Waals surface area contributed by atoms with Crippen LogP contribution in [0.1, 0.15) is 46.3 Å². The van der Waals surface area contributed by atoms with Gasteiger partial charge in [0.1, 0.15) is 10.6 Å². The van der Waals surface area contributed by atoms with Gasteiger partial charge in [-0.2, -0.15) is 0 Å². The van der Waals surface area contributed by atoms with Crippen molar-refractivity contribution >= 4 is 28.9 Å². The minimum atomic E-state index is -0.989. The summed E-state index contributed by atoms with van der Waals surface area (Å²) in [6.45, 7) is 3.94. The van der Waals surface area contributed by atoms with Gasteiger partial charge in [0, 0.05) is 22.8 Å². The first-order chi connectivity index (χ1) is 13.9. The highest BCUT2D eigenvalue weighted by Crippen LogP contribution is 2.49. The van der Waals surface area contributed by atoms with Crippen LogP contribution in [-0.2, 0) is 4.79 Å². The molecule has 2 N–H and O–H groups in total. The van der Waals surface area contributed by atoms with Gasteiger partial charge >= 0.3 is 5.97 Å². The number of rotatable bonds is 5. The fraction of sp³-hybridized carbons (Fsp3) is 0.217. The molecule has 0 unspecified atom stereocenters. The summed E-state index contributed by atoms with van der Waals surface area (Å²) in [5.74, 6) is -0.520. The molecule has 1 aliphatic rings. The largest absolute Gasteiger partial charge is 0.491 e. The number of aromatic carboxylic acids is 1. The third-order valence-electron chi connectivity index (χ3n) is 4.82. The standard InChI is InChI=1S/C23H21NO4S/c1-13(2)28-16-10-8-14(9-11-16)17-12-18(25)24-20-19(15-6-4-3-5-7-15)22(23(26)27)29-21(17)20/h3-11,13,17H,12H2,1-2H3,(H,24,25)(H,26,27)/t17-/m0/s1. The fourth-order valence-corrected chi connectivity index (χ4v) is 4.88. The van der Waals surface area contributed by atoms with E-state index in [-0.39, 0.29) is 29.2 Å². The Morgan fingerprint density at radius 1 is 1.14 bits per heavy atom. The zero-order valence-corrected chi connectivity index (χ0v) is 17.0. The molecule has 0 radical (unpaired) electrons. The van der Waals surface area contributed by atoms with Crippen LogP contribution in [0, 0.1) is 0 Å². The van der Waals surface area contributed by atoms with Gasteiger partial charge in [-0.1, -0.05) is 42.5 Å². The molecule has 5 nitrogen and oxygen atoms in total. The predicted molar refractivity (Wildman–Crippen MR) is 114 cm³/mol. The first kappa shape index (κ1) is 19.2. The average Bonchev–Trinajstić information content (AvgIpc) is 3.08. The maximum absolute atomic E-state index is 12.5. The van der Waals surface area contributed by atoms with Crippen molar-refractivity contribution in [1.29, 1.82) is 0 Å². The number of carbonyl (C=O) groups is 2. The molecule has 0 saturated carbocycles. The molecule has 148 valence electrons. The molecule has 0 aliphatic carbocycles. The highest BCUT2D eigenvalue weighted by Gasteiger charge is 2.34. The van der Waals surface area contributed by atoms with Crippen molar-refractivity contribution < 1.29 is 19.4 Å². The second-order valence-electron chi connectivity index (χ2n) is 7.26. The topological polar surface area (TPSA) is 75.6 Å². The lowest BCUT2D eigenvalue weighted by Gasteiger charge is -2.24. The molecule has 1 amide bonds. The molecule has 1 aliphatic heterocycles. The SMILES string of the molecule is CC(C)Oc1ccc([C@@H]2CC(=O)Nc3c2sc(C(=O)O)c3-c2ccccc2)cc1. The van der Waals surface area contributed by atoms with Crippen LogP contribution >= 0.6 is 11.3 Å². The molecule has 0 saturated heterocycles. The van der Waals surface area contributed by atoms with Gasteiger partial charge in [-0.3, -0.25) is 4.79 Å². The number of carboxylic acids is 1. The van der Waals surface area contributed by atoms with Gasteiger partial charge < -0.3 is 15.2 Å². The Bertz CT molecular complexity index is 1050. The molecule has 1 aromatic heterocycles. The van der Waals surface area contributed by atoms with Crippen LogP contribution in [0.25, 0.3) is 11.1 Å². The molecular weight excluding hydrogens is 386 g/mol. The second kappa shape index (κ2) is 7.72. The number of amides is 1. The number of thiophene rings is 1. The van der Waals surface area contributed by atoms with Crippen LogP contribution < -0.4 is 10.1 Å². The summed E-state index contributed by atoms with van der Waals surface area (Å²) < 4.78 is 5.71. The van der Waals surface area contributed by atoms with E-state index in [1.165, 1.54) is 11.3 Å². The van der Waals surface area contributed by atoms with Crippen molar-refractivity contribution in [3.8, 4) is 16.9 Å². The third kappa shape index (κ3) is 3.76. The Balaban J connectivity index is 1.81. The second-order valence-corrected chi connectivity index (χ2v) is 8.31. The Morgan fingerprint density at radius 2 is 1.83 bits per heavy atom. The number of hydrogen-bond donors (Lipinski definition) is 2. The number of fused-ring (bicyclic) bond motifs is 1. The summed E-state index contributed by atoms with van der Waals surface area (Å²) in [5.41, 5.74) is 2.94. The summed E-state index contributed by atoms with van der Waals surface area (Å²) >= 11 is 1.24. The number of ether oxygens (including phenoxy) is 1. The lowest BCUT2D eigenvalue weighted by atomic mass is 9.88. The van der Waals surface area contributed by atoms with Crippen molar-refractivity contribution in [1.82, 2.24) is 0 Å². The van der Waals surface area contributed by atoms with Gasteiger partial charge in [0.25, 0.3) is 0 Å². The molecule has 2 heterocycles. The number of anilines is 1. The molecule has 4 rings (SSSR count). The summed E-state index contributed by atoms with van der Waals surface area (Å²) in [7, 11) is 0. The van der Waals surface area contributed by atoms with E-state index >= 15 is 0 Å². The van der Waals surface area contributed by atoms with Crippen molar-refractivity contribution in [2.75, 3.05) is 5.32 Å². The van der Waals surface area contributed by atoms with Crippen LogP contribution in [0.2, 0.25) is 0 Å². The number of hydrogen-bond acceptors (Lipinski definition) is 4. The normalized spacial score (nSPS) is 15.7. The van der Waals surface area contributed by atoms with Gasteiger partial charge in [0.15, 0.2) is 0 Å². The van der Waals surface area contributed by atoms with Gasteiger partial charge in [-0.15, -0.1) is 11.3 Å². The van der Waals surface area contributed by atoms with Crippen LogP contribution in [-0.4, -0.2) is 23.1 Å². The zero-order chi connectivity index (χ0) is 20.5. The monoisotopic (exact) mass is 407 g/mol. The molecule has 1 atom stereocenters. The Hall–Kier alpha value is -3.12. The first-order valence-corrected chi connectivity index (χ1v) is 10.3. The van der Waals surface area contributed by atoms with Gasteiger partial charge in [-0.25, -0.2) is 4.79 Å². The van der Waals surface area contributed by atoms with E-state index in [1.54, 1.807) is 0 Å². The maximum atomic E-state index is 12.5. The molecular formula is C23H21NO4S. The minimum absolute atomic E-state index is 0.0803. The maximum Gasteiger partial charge on any atom is 0.346 e. The first-order valence-electron chi connectivity index (χ1n) is 9.46. The molecule has 0 spiro atoms. The van der Waals surface area contributed by atoms with E-state index < -0.39 is 5.97 Å². The number of carboxylic acid groups (broad SMARTS) is 1. The number of nitrogens with one attached hydrogen (secondary N) is 1. The van der Waals surface area contributed by atoms with Gasteiger partial charge in [-0.05, 0) is 37.1 Å². The molecule has 6 heteroatoms. The van der Waals surface area contributed by atoms with E-state index in [1.807, 2.05) is 68.4 Å². The molecule has 0 fully saturated rings. The van der Waals surface area contributed by atoms with Crippen LogP contribution in [0.15, 0.2) is 54.6 Å². The fourth-order valence-electron chi connectivity index (χ4n) is 3.64. The highest BCUT2D eigenvalue weighted by molar-refractivity contribution is 7.15. The lowest BCUT2D eigenvalue weighted by Crippen LogP contribution is -2.22. The van der Waals surface area contributed by atoms with Crippen molar-refractivity contribution in [3.63, 3.8) is 0 Å². The molecule has 29 heavy (non-hydrogen) atoms. The number of benzene rings is 2. The van der Waals surface area contributed by atoms with Crippen LogP contribution in [0.4, 0.5) is 5.69 Å².